The van der Waals surface area contributed by atoms with Crippen LogP contribution in [-0.2, 0) is 26.1 Å². The van der Waals surface area contributed by atoms with Gasteiger partial charge >= 0.3 is 6.09 Å². The number of nitrogens with zero attached hydrogens (tertiary/aromatic N) is 3. The lowest BCUT2D eigenvalue weighted by atomic mass is 10.3. The van der Waals surface area contributed by atoms with Crippen LogP contribution < -0.4 is 0 Å². The van der Waals surface area contributed by atoms with Gasteiger partial charge in [-0.05, 0) is 19.1 Å². The van der Waals surface area contributed by atoms with Crippen LogP contribution in [-0.4, -0.2) is 80.1 Å². The van der Waals surface area contributed by atoms with Gasteiger partial charge in [-0.2, -0.15) is 4.31 Å². The van der Waals surface area contributed by atoms with Gasteiger partial charge in [0.05, 0.1) is 25.7 Å². The molecule has 1 fully saturated rings. The second-order valence-corrected chi connectivity index (χ2v) is 7.98. The first-order valence-corrected chi connectivity index (χ1v) is 10.3. The maximum absolute atomic E-state index is 12.4. The first-order chi connectivity index (χ1) is 12.3. The van der Waals surface area contributed by atoms with E-state index in [1.807, 2.05) is 0 Å². The number of carbonyl (C=O) groups is 2. The van der Waals surface area contributed by atoms with Gasteiger partial charge in [-0.1, -0.05) is 0 Å². The first-order valence-electron chi connectivity index (χ1n) is 8.48. The molecule has 2 heterocycles. The number of piperazine rings is 1. The Morgan fingerprint density at radius 1 is 1.23 bits per heavy atom. The Morgan fingerprint density at radius 2 is 1.88 bits per heavy atom. The van der Waals surface area contributed by atoms with Gasteiger partial charge in [0.25, 0.3) is 0 Å². The molecular weight excluding hydrogens is 362 g/mol. The average molecular weight is 387 g/mol. The summed E-state index contributed by atoms with van der Waals surface area (Å²) in [5.74, 6) is 0.382. The van der Waals surface area contributed by atoms with E-state index in [-0.39, 0.29) is 31.5 Å². The fourth-order valence-corrected chi connectivity index (χ4v) is 3.45. The summed E-state index contributed by atoms with van der Waals surface area (Å²) in [7, 11) is -3.46. The van der Waals surface area contributed by atoms with Crippen molar-refractivity contribution in [2.24, 2.45) is 0 Å². The summed E-state index contributed by atoms with van der Waals surface area (Å²) in [5, 5.41) is 0. The standard InChI is InChI=1S/C16H25N3O6S/c1-3-24-16(21)18-10-8-17(9-11-18)15(20)6-7-19(26(2,22)23)13-14-5-4-12-25-14/h4-5,12H,3,6-11,13H2,1-2H3. The van der Waals surface area contributed by atoms with Crippen LogP contribution in [0.2, 0.25) is 0 Å². The van der Waals surface area contributed by atoms with Crippen LogP contribution in [0.25, 0.3) is 0 Å². The third-order valence-corrected chi connectivity index (χ3v) is 5.36. The minimum atomic E-state index is -3.46. The number of rotatable bonds is 7. The van der Waals surface area contributed by atoms with E-state index < -0.39 is 10.0 Å². The van der Waals surface area contributed by atoms with Crippen LogP contribution in [0.5, 0.6) is 0 Å². The van der Waals surface area contributed by atoms with Crippen molar-refractivity contribution in [3.63, 3.8) is 0 Å². The van der Waals surface area contributed by atoms with Crippen molar-refractivity contribution in [1.82, 2.24) is 14.1 Å². The van der Waals surface area contributed by atoms with Crippen LogP contribution in [0.1, 0.15) is 19.1 Å². The van der Waals surface area contributed by atoms with Gasteiger partial charge in [-0.15, -0.1) is 0 Å². The van der Waals surface area contributed by atoms with Crippen molar-refractivity contribution >= 4 is 22.0 Å². The molecule has 0 radical (unpaired) electrons. The Kier molecular flexibility index (Phi) is 7.04. The summed E-state index contributed by atoms with van der Waals surface area (Å²) in [6, 6.07) is 3.37. The van der Waals surface area contributed by atoms with Crippen molar-refractivity contribution in [1.29, 1.82) is 0 Å². The van der Waals surface area contributed by atoms with Crippen molar-refractivity contribution in [2.75, 3.05) is 45.6 Å². The number of carbonyl (C=O) groups excluding carboxylic acids is 2. The number of amides is 2. The van der Waals surface area contributed by atoms with E-state index in [2.05, 4.69) is 0 Å². The van der Waals surface area contributed by atoms with Crippen molar-refractivity contribution in [3.8, 4) is 0 Å². The van der Waals surface area contributed by atoms with Gasteiger partial charge in [0.15, 0.2) is 0 Å². The Balaban J connectivity index is 1.84. The Bertz CT molecular complexity index is 696. The summed E-state index contributed by atoms with van der Waals surface area (Å²) >= 11 is 0. The Morgan fingerprint density at radius 3 is 2.42 bits per heavy atom. The average Bonchev–Trinajstić information content (AvgIpc) is 3.11. The molecule has 10 heteroatoms. The molecule has 9 nitrogen and oxygen atoms in total. The van der Waals surface area contributed by atoms with E-state index in [1.165, 1.54) is 10.6 Å². The van der Waals surface area contributed by atoms with Crippen LogP contribution >= 0.6 is 0 Å². The smallest absolute Gasteiger partial charge is 0.409 e. The van der Waals surface area contributed by atoms with E-state index in [9.17, 15) is 18.0 Å². The monoisotopic (exact) mass is 387 g/mol. The molecule has 0 atom stereocenters. The molecule has 1 saturated heterocycles. The van der Waals surface area contributed by atoms with Gasteiger partial charge in [0.2, 0.25) is 15.9 Å². The number of hydrogen-bond donors (Lipinski definition) is 0. The fraction of sp³-hybridized carbons (Fsp3) is 0.625. The van der Waals surface area contributed by atoms with E-state index in [0.717, 1.165) is 6.26 Å². The van der Waals surface area contributed by atoms with Gasteiger partial charge in [-0.25, -0.2) is 13.2 Å². The Hall–Kier alpha value is -2.07. The maximum atomic E-state index is 12.4. The maximum Gasteiger partial charge on any atom is 0.409 e. The quantitative estimate of drug-likeness (QED) is 0.684. The summed E-state index contributed by atoms with van der Waals surface area (Å²) in [6.45, 7) is 3.87. The molecule has 1 aromatic rings. The molecule has 0 unspecified atom stereocenters. The molecule has 1 aliphatic rings. The summed E-state index contributed by atoms with van der Waals surface area (Å²) in [4.78, 5) is 27.3. The molecule has 0 aliphatic carbocycles. The molecule has 2 amide bonds. The van der Waals surface area contributed by atoms with E-state index in [4.69, 9.17) is 9.15 Å². The second-order valence-electron chi connectivity index (χ2n) is 5.99. The highest BCUT2D eigenvalue weighted by Crippen LogP contribution is 2.11. The van der Waals surface area contributed by atoms with Crippen LogP contribution in [0.15, 0.2) is 22.8 Å². The topological polar surface area (TPSA) is 100 Å². The first kappa shape index (κ1) is 20.2. The zero-order chi connectivity index (χ0) is 19.2. The Labute approximate surface area is 153 Å². The molecule has 146 valence electrons. The fourth-order valence-electron chi connectivity index (χ4n) is 2.67. The van der Waals surface area contributed by atoms with Crippen LogP contribution in [0.4, 0.5) is 4.79 Å². The highest BCUT2D eigenvalue weighted by Gasteiger charge is 2.26. The minimum Gasteiger partial charge on any atom is -0.468 e. The number of ether oxygens (including phenoxy) is 1. The third-order valence-electron chi connectivity index (χ3n) is 4.11. The molecule has 0 bridgehead atoms. The summed E-state index contributed by atoms with van der Waals surface area (Å²) in [6.07, 6.45) is 2.29. The van der Waals surface area contributed by atoms with Gasteiger partial charge in [0.1, 0.15) is 5.76 Å². The van der Waals surface area contributed by atoms with Crippen molar-refractivity contribution < 1.29 is 27.2 Å². The summed E-state index contributed by atoms with van der Waals surface area (Å²) in [5.41, 5.74) is 0. The lowest BCUT2D eigenvalue weighted by molar-refractivity contribution is -0.132. The lowest BCUT2D eigenvalue weighted by Gasteiger charge is -2.34. The molecule has 1 aliphatic heterocycles. The highest BCUT2D eigenvalue weighted by molar-refractivity contribution is 7.88. The minimum absolute atomic E-state index is 0.0766. The zero-order valence-electron chi connectivity index (χ0n) is 15.1. The molecule has 2 rings (SSSR count). The molecule has 0 saturated carbocycles. The van der Waals surface area contributed by atoms with E-state index in [1.54, 1.807) is 28.9 Å². The predicted octanol–water partition coefficient (Wildman–Crippen LogP) is 0.732. The second kappa shape index (κ2) is 9.04. The van der Waals surface area contributed by atoms with Gasteiger partial charge in [-0.3, -0.25) is 4.79 Å². The molecule has 0 N–H and O–H groups in total. The molecule has 26 heavy (non-hydrogen) atoms. The lowest BCUT2D eigenvalue weighted by Crippen LogP contribution is -2.51. The molecule has 0 spiro atoms. The normalized spacial score (nSPS) is 15.3. The van der Waals surface area contributed by atoms with Crippen molar-refractivity contribution in [3.05, 3.63) is 24.2 Å². The molecule has 1 aromatic heterocycles. The predicted molar refractivity (Wildman–Crippen MR) is 93.8 cm³/mol. The SMILES string of the molecule is CCOC(=O)N1CCN(C(=O)CCN(Cc2ccco2)S(C)(=O)=O)CC1. The molecule has 0 aromatic carbocycles. The third kappa shape index (κ3) is 5.73. The zero-order valence-corrected chi connectivity index (χ0v) is 15.9. The number of sulfonamides is 1. The largest absolute Gasteiger partial charge is 0.468 e. The number of furan rings is 1. The molecular formula is C16H25N3O6S. The van der Waals surface area contributed by atoms with E-state index >= 15 is 0 Å². The number of hydrogen-bond acceptors (Lipinski definition) is 6. The van der Waals surface area contributed by atoms with Crippen LogP contribution in [0, 0.1) is 0 Å². The van der Waals surface area contributed by atoms with Gasteiger partial charge < -0.3 is 19.0 Å². The summed E-state index contributed by atoms with van der Waals surface area (Å²) < 4.78 is 35.2. The van der Waals surface area contributed by atoms with Crippen molar-refractivity contribution in [2.45, 2.75) is 19.9 Å². The van der Waals surface area contributed by atoms with E-state index in [0.29, 0.717) is 38.5 Å². The van der Waals surface area contributed by atoms with Gasteiger partial charge in [0, 0.05) is 39.1 Å². The highest BCUT2D eigenvalue weighted by atomic mass is 32.2. The van der Waals surface area contributed by atoms with Crippen LogP contribution in [0.3, 0.4) is 0 Å².